The number of carboxylic acid groups (broad SMARTS) is 1. The van der Waals surface area contributed by atoms with E-state index in [0.29, 0.717) is 0 Å². The third-order valence-corrected chi connectivity index (χ3v) is 2.39. The van der Waals surface area contributed by atoms with Crippen LogP contribution in [0.25, 0.3) is 5.69 Å². The Morgan fingerprint density at radius 3 is 2.53 bits per heavy atom. The van der Waals surface area contributed by atoms with Gasteiger partial charge < -0.3 is 9.84 Å². The fourth-order valence-electron chi connectivity index (χ4n) is 1.51. The number of benzene rings is 1. The van der Waals surface area contributed by atoms with Crippen molar-refractivity contribution < 1.29 is 19.0 Å². The number of aromatic carboxylic acids is 1. The minimum absolute atomic E-state index is 0.129. The fourth-order valence-corrected chi connectivity index (χ4v) is 1.51. The predicted octanol–water partition coefficient (Wildman–Crippen LogP) is 1.08. The third-order valence-electron chi connectivity index (χ3n) is 2.39. The highest BCUT2D eigenvalue weighted by atomic mass is 19.1. The molecule has 0 radical (unpaired) electrons. The molecule has 0 aliphatic carbocycles. The molecule has 1 heterocycles. The van der Waals surface area contributed by atoms with Crippen LogP contribution in [-0.4, -0.2) is 28.0 Å². The lowest BCUT2D eigenvalue weighted by Gasteiger charge is -2.08. The SMILES string of the molecule is COc1cc(=O)n(-c2ccc(F)cc2)nc1C(=O)O. The number of rotatable bonds is 3. The molecule has 1 aromatic heterocycles. The Labute approximate surface area is 106 Å². The maximum atomic E-state index is 12.8. The highest BCUT2D eigenvalue weighted by Gasteiger charge is 2.16. The van der Waals surface area contributed by atoms with E-state index in [1.807, 2.05) is 0 Å². The van der Waals surface area contributed by atoms with Crippen LogP contribution in [-0.2, 0) is 0 Å². The lowest BCUT2D eigenvalue weighted by atomic mass is 10.3. The van der Waals surface area contributed by atoms with E-state index in [-0.39, 0.29) is 11.4 Å². The van der Waals surface area contributed by atoms with Crippen molar-refractivity contribution in [1.29, 1.82) is 0 Å². The third kappa shape index (κ3) is 2.44. The zero-order valence-corrected chi connectivity index (χ0v) is 9.83. The van der Waals surface area contributed by atoms with Gasteiger partial charge in [-0.3, -0.25) is 4.79 Å². The molecule has 0 unspecified atom stereocenters. The number of hydrogen-bond acceptors (Lipinski definition) is 4. The summed E-state index contributed by atoms with van der Waals surface area (Å²) >= 11 is 0. The normalized spacial score (nSPS) is 10.2. The molecule has 7 heteroatoms. The van der Waals surface area contributed by atoms with E-state index in [4.69, 9.17) is 9.84 Å². The van der Waals surface area contributed by atoms with Gasteiger partial charge in [-0.25, -0.2) is 9.18 Å². The molecule has 0 spiro atoms. The van der Waals surface area contributed by atoms with E-state index in [1.54, 1.807) is 0 Å². The quantitative estimate of drug-likeness (QED) is 0.897. The van der Waals surface area contributed by atoms with Crippen molar-refractivity contribution in [2.24, 2.45) is 0 Å². The Kier molecular flexibility index (Phi) is 3.28. The monoisotopic (exact) mass is 264 g/mol. The molecule has 0 aliphatic rings. The number of methoxy groups -OCH3 is 1. The lowest BCUT2D eigenvalue weighted by Crippen LogP contribution is -2.24. The second kappa shape index (κ2) is 4.89. The van der Waals surface area contributed by atoms with Gasteiger partial charge in [0.15, 0.2) is 5.75 Å². The number of ether oxygens (including phenoxy) is 1. The van der Waals surface area contributed by atoms with Crippen molar-refractivity contribution in [1.82, 2.24) is 9.78 Å². The molecule has 1 aromatic carbocycles. The van der Waals surface area contributed by atoms with Crippen LogP contribution in [0.3, 0.4) is 0 Å². The average Bonchev–Trinajstić information content (AvgIpc) is 2.39. The Morgan fingerprint density at radius 2 is 2.00 bits per heavy atom. The van der Waals surface area contributed by atoms with Crippen LogP contribution in [0.15, 0.2) is 35.1 Å². The number of nitrogens with zero attached hydrogens (tertiary/aromatic N) is 2. The molecule has 0 aliphatic heterocycles. The van der Waals surface area contributed by atoms with Crippen LogP contribution in [0.2, 0.25) is 0 Å². The van der Waals surface area contributed by atoms with Gasteiger partial charge in [-0.15, -0.1) is 0 Å². The molecule has 2 rings (SSSR count). The molecule has 0 saturated carbocycles. The zero-order valence-electron chi connectivity index (χ0n) is 9.83. The van der Waals surface area contributed by atoms with E-state index >= 15 is 0 Å². The largest absolute Gasteiger partial charge is 0.494 e. The van der Waals surface area contributed by atoms with E-state index in [9.17, 15) is 14.0 Å². The van der Waals surface area contributed by atoms with Crippen molar-refractivity contribution in [3.8, 4) is 11.4 Å². The highest BCUT2D eigenvalue weighted by Crippen LogP contribution is 2.14. The zero-order chi connectivity index (χ0) is 14.0. The summed E-state index contributed by atoms with van der Waals surface area (Å²) in [5.41, 5.74) is -0.712. The standard InChI is InChI=1S/C12H9FN2O4/c1-19-9-6-10(16)15(14-11(9)12(17)18)8-4-2-7(13)3-5-8/h2-6H,1H3,(H,17,18). The molecule has 98 valence electrons. The summed E-state index contributed by atoms with van der Waals surface area (Å²) in [6.07, 6.45) is 0. The second-order valence-corrected chi connectivity index (χ2v) is 3.59. The van der Waals surface area contributed by atoms with Gasteiger partial charge in [-0.1, -0.05) is 0 Å². The molecule has 2 aromatic rings. The van der Waals surface area contributed by atoms with E-state index in [2.05, 4.69) is 5.10 Å². The molecule has 6 nitrogen and oxygen atoms in total. The van der Waals surface area contributed by atoms with Crippen LogP contribution < -0.4 is 10.3 Å². The van der Waals surface area contributed by atoms with Crippen LogP contribution in [0.5, 0.6) is 5.75 Å². The fraction of sp³-hybridized carbons (Fsp3) is 0.0833. The minimum atomic E-state index is -1.33. The lowest BCUT2D eigenvalue weighted by molar-refractivity contribution is 0.0684. The Bertz CT molecular complexity index is 679. The van der Waals surface area contributed by atoms with Crippen molar-refractivity contribution in [3.63, 3.8) is 0 Å². The number of carboxylic acids is 1. The van der Waals surface area contributed by atoms with E-state index < -0.39 is 23.0 Å². The number of aromatic nitrogens is 2. The summed E-state index contributed by atoms with van der Waals surface area (Å²) in [6, 6.07) is 5.95. The van der Waals surface area contributed by atoms with Crippen molar-refractivity contribution in [2.75, 3.05) is 7.11 Å². The van der Waals surface area contributed by atoms with Crippen molar-refractivity contribution in [3.05, 3.63) is 52.2 Å². The van der Waals surface area contributed by atoms with E-state index in [0.717, 1.165) is 22.9 Å². The van der Waals surface area contributed by atoms with E-state index in [1.165, 1.54) is 19.2 Å². The molecule has 0 amide bonds. The van der Waals surface area contributed by atoms with Gasteiger partial charge >= 0.3 is 5.97 Å². The van der Waals surface area contributed by atoms with Crippen LogP contribution in [0.1, 0.15) is 10.5 Å². The smallest absolute Gasteiger partial charge is 0.360 e. The van der Waals surface area contributed by atoms with Crippen LogP contribution >= 0.6 is 0 Å². The molecular weight excluding hydrogens is 255 g/mol. The van der Waals surface area contributed by atoms with Gasteiger partial charge in [-0.05, 0) is 24.3 Å². The Hall–Kier alpha value is -2.70. The summed E-state index contributed by atoms with van der Waals surface area (Å²) in [7, 11) is 1.24. The summed E-state index contributed by atoms with van der Waals surface area (Å²) in [4.78, 5) is 22.8. The van der Waals surface area contributed by atoms with Gasteiger partial charge in [0.05, 0.1) is 18.9 Å². The first kappa shape index (κ1) is 12.7. The first-order chi connectivity index (χ1) is 9.02. The first-order valence-electron chi connectivity index (χ1n) is 5.20. The predicted molar refractivity (Wildman–Crippen MR) is 63.3 cm³/mol. The number of carbonyl (C=O) groups is 1. The number of halogens is 1. The van der Waals surface area contributed by atoms with Crippen LogP contribution in [0, 0.1) is 5.82 Å². The molecule has 0 fully saturated rings. The van der Waals surface area contributed by atoms with Gasteiger partial charge in [0, 0.05) is 0 Å². The molecule has 0 bridgehead atoms. The average molecular weight is 264 g/mol. The van der Waals surface area contributed by atoms with Crippen molar-refractivity contribution >= 4 is 5.97 Å². The minimum Gasteiger partial charge on any atom is -0.494 e. The summed E-state index contributed by atoms with van der Waals surface area (Å²) in [5, 5.41) is 12.7. The maximum absolute atomic E-state index is 12.8. The van der Waals surface area contributed by atoms with Gasteiger partial charge in [0.25, 0.3) is 5.56 Å². The summed E-state index contributed by atoms with van der Waals surface area (Å²) in [5.74, 6) is -1.92. The molecule has 19 heavy (non-hydrogen) atoms. The molecule has 1 N–H and O–H groups in total. The Morgan fingerprint density at radius 1 is 1.37 bits per heavy atom. The summed E-state index contributed by atoms with van der Waals surface area (Å²) < 4.78 is 18.5. The van der Waals surface area contributed by atoms with Crippen molar-refractivity contribution in [2.45, 2.75) is 0 Å². The molecular formula is C12H9FN2O4. The maximum Gasteiger partial charge on any atom is 0.360 e. The summed E-state index contributed by atoms with van der Waals surface area (Å²) in [6.45, 7) is 0. The Balaban J connectivity index is 2.64. The second-order valence-electron chi connectivity index (χ2n) is 3.59. The van der Waals surface area contributed by atoms with Gasteiger partial charge in [0.1, 0.15) is 5.82 Å². The topological polar surface area (TPSA) is 81.4 Å². The first-order valence-corrected chi connectivity index (χ1v) is 5.20. The molecule has 0 saturated heterocycles. The number of hydrogen-bond donors (Lipinski definition) is 1. The van der Waals surface area contributed by atoms with Gasteiger partial charge in [0.2, 0.25) is 5.69 Å². The van der Waals surface area contributed by atoms with Gasteiger partial charge in [-0.2, -0.15) is 9.78 Å². The van der Waals surface area contributed by atoms with Crippen LogP contribution in [0.4, 0.5) is 4.39 Å². The molecule has 0 atom stereocenters. The highest BCUT2D eigenvalue weighted by molar-refractivity contribution is 5.88.